The summed E-state index contributed by atoms with van der Waals surface area (Å²) in [6.45, 7) is 8.27. The van der Waals surface area contributed by atoms with Crippen LogP contribution in [0.1, 0.15) is 104 Å². The molecular weight excluding hydrogens is 1150 g/mol. The van der Waals surface area contributed by atoms with Crippen molar-refractivity contribution in [2.75, 3.05) is 7.11 Å². The van der Waals surface area contributed by atoms with Gasteiger partial charge in [0.1, 0.15) is 12.3 Å². The maximum atomic E-state index is 14.1. The molecule has 5 fully saturated rings. The molecule has 0 N–H and O–H groups in total. The van der Waals surface area contributed by atoms with Crippen molar-refractivity contribution in [1.29, 1.82) is 0 Å². The molecule has 7 unspecified atom stereocenters. The van der Waals surface area contributed by atoms with Crippen molar-refractivity contribution in [2.24, 2.45) is 28.6 Å². The summed E-state index contributed by atoms with van der Waals surface area (Å²) in [5.74, 6) is 2.48. The van der Waals surface area contributed by atoms with Gasteiger partial charge in [-0.15, -0.1) is 10.2 Å². The second kappa shape index (κ2) is 22.2. The molecule has 0 amide bonds. The highest BCUT2D eigenvalue weighted by molar-refractivity contribution is 5.92. The van der Waals surface area contributed by atoms with E-state index in [-0.39, 0.29) is 29.6 Å². The van der Waals surface area contributed by atoms with Crippen LogP contribution in [-0.4, -0.2) is 83.9 Å². The van der Waals surface area contributed by atoms with Crippen LogP contribution in [0.15, 0.2) is 159 Å². The van der Waals surface area contributed by atoms with Gasteiger partial charge in [0, 0.05) is 140 Å². The maximum Gasteiger partial charge on any atom is 0.233 e. The Labute approximate surface area is 532 Å². The van der Waals surface area contributed by atoms with Crippen molar-refractivity contribution in [3.8, 4) is 73.0 Å². The summed E-state index contributed by atoms with van der Waals surface area (Å²) >= 11 is 0. The first-order valence-corrected chi connectivity index (χ1v) is 32.8. The Morgan fingerprint density at radius 2 is 0.946 bits per heavy atom. The Bertz CT molecular complexity index is 4870. The van der Waals surface area contributed by atoms with Gasteiger partial charge in [-0.2, -0.15) is 15.3 Å². The topological polar surface area (TPSA) is 153 Å². The molecule has 5 saturated carbocycles. The number of nitrogens with zero attached hydrogens (tertiary/aromatic N) is 13. The smallest absolute Gasteiger partial charge is 0.233 e. The lowest BCUT2D eigenvalue weighted by Crippen LogP contribution is -2.29. The summed E-state index contributed by atoms with van der Waals surface area (Å²) in [6, 6.07) is 38.8. The highest BCUT2D eigenvalue weighted by Crippen LogP contribution is 2.64. The number of methoxy groups -OCH3 is 1. The first-order chi connectivity index (χ1) is 44.9. The van der Waals surface area contributed by atoms with Gasteiger partial charge in [0.2, 0.25) is 5.88 Å². The fraction of sp³-hybridized carbons (Fsp3) is 0.342. The van der Waals surface area contributed by atoms with Crippen molar-refractivity contribution in [1.82, 2.24) is 64.5 Å². The zero-order chi connectivity index (χ0) is 62.0. The zero-order valence-electron chi connectivity index (χ0n) is 52.2. The van der Waals surface area contributed by atoms with Crippen LogP contribution in [0.3, 0.4) is 0 Å². The number of aryl methyl sites for hydroxylation is 3. The number of aromatic nitrogens is 13. The molecule has 16 heteroatoms. The zero-order valence-corrected chi connectivity index (χ0v) is 52.2. The number of rotatable bonds is 15. The third kappa shape index (κ3) is 9.93. The number of hydrogen-bond acceptors (Lipinski definition) is 11. The SMILES string of the molecule is COc1cc2ccc(-c3nc(C)ccc3-c3cnn(CC45CCC(CC4c4ccnc6cc(-c7nc(C)ccc7-c7cnn(CC89CCC(CC8c8ccnc%10cc(-c%11nc(C)ccc%11-c%11cnn(CC%12C[C@@H](F)[C@@H](F)C%12)c%11)ccc8%10)C9)c7)ccc46)C5)c3)cc2nn1. The van der Waals surface area contributed by atoms with E-state index in [1.807, 2.05) is 67.8 Å². The Morgan fingerprint density at radius 1 is 0.489 bits per heavy atom. The molecule has 0 radical (unpaired) electrons. The largest absolute Gasteiger partial charge is 0.480 e. The first kappa shape index (κ1) is 56.5. The number of fused-ring (bicyclic) bond motifs is 7. The molecule has 460 valence electrons. The summed E-state index contributed by atoms with van der Waals surface area (Å²) in [4.78, 5) is 25.5. The van der Waals surface area contributed by atoms with Crippen LogP contribution >= 0.6 is 0 Å². The molecule has 4 bridgehead atoms. The van der Waals surface area contributed by atoms with Gasteiger partial charge in [-0.05, 0) is 185 Å². The molecule has 5 aliphatic rings. The second-order valence-electron chi connectivity index (χ2n) is 27.7. The van der Waals surface area contributed by atoms with E-state index in [9.17, 15) is 8.78 Å². The Balaban J connectivity index is 0.622. The predicted octanol–water partition coefficient (Wildman–Crippen LogP) is 16.5. The highest BCUT2D eigenvalue weighted by atomic mass is 19.2. The van der Waals surface area contributed by atoms with Gasteiger partial charge < -0.3 is 4.74 Å². The van der Waals surface area contributed by atoms with E-state index in [1.165, 1.54) is 47.6 Å². The number of halogens is 2. The van der Waals surface area contributed by atoms with Crippen molar-refractivity contribution >= 4 is 32.7 Å². The van der Waals surface area contributed by atoms with E-state index in [4.69, 9.17) is 39.9 Å². The number of alkyl halides is 2. The number of benzene rings is 3. The average Bonchev–Trinajstić information content (AvgIpc) is 1.56. The van der Waals surface area contributed by atoms with Crippen molar-refractivity contribution < 1.29 is 13.5 Å². The lowest BCUT2D eigenvalue weighted by molar-refractivity contribution is 0.199. The Morgan fingerprint density at radius 3 is 1.42 bits per heavy atom. The quantitative estimate of drug-likeness (QED) is 0.0964. The van der Waals surface area contributed by atoms with Gasteiger partial charge in [-0.3, -0.25) is 39.0 Å². The fourth-order valence-electron chi connectivity index (χ4n) is 17.6. The van der Waals surface area contributed by atoms with Crippen LogP contribution in [0.25, 0.3) is 99.9 Å². The Hall–Kier alpha value is -9.44. The standard InChI is InChI=1S/C76H71F2N13O/c1-44-6-13-58(72(84-44)51-9-8-50-32-71(92-4)88-87-68(50)29-51)55-36-82-90(40-55)42-75-21-17-47(33-75)26-65(75)61-20-24-80-70-31-53(11-16-63(61)70)74-59(14-7-46(3)86-74)56-37-83-91(41-56)43-76-22-18-48(34-76)25-64(76)60-19-23-79-69-30-52(10-15-62(60)69)73-57(12-5-45(2)85-73)54-35-81-89(39-54)38-49-27-66(77)67(78)28-49/h5-16,19-20,23-24,29-32,35-37,39-41,47-49,64-67H,17-18,21-22,25-28,33-34,38,42-43H2,1-4H3/t47?,48?,49?,64?,65?,66-,67+,75?,76?. The summed E-state index contributed by atoms with van der Waals surface area (Å²) in [5.41, 5.74) is 20.1. The monoisotopic (exact) mass is 1220 g/mol. The van der Waals surface area contributed by atoms with E-state index in [0.29, 0.717) is 36.1 Å². The molecule has 12 aromatic rings. The van der Waals surface area contributed by atoms with Gasteiger partial charge in [-0.1, -0.05) is 54.6 Å². The molecule has 9 aromatic heterocycles. The van der Waals surface area contributed by atoms with E-state index in [1.54, 1.807) is 7.11 Å². The molecule has 9 atom stereocenters. The van der Waals surface area contributed by atoms with Crippen LogP contribution in [0.5, 0.6) is 5.88 Å². The summed E-state index contributed by atoms with van der Waals surface area (Å²) in [5, 5.41) is 26.9. The van der Waals surface area contributed by atoms with Gasteiger partial charge in [-0.25, -0.2) is 8.78 Å². The molecule has 5 aliphatic carbocycles. The van der Waals surface area contributed by atoms with Crippen LogP contribution < -0.4 is 4.74 Å². The fourth-order valence-corrected chi connectivity index (χ4v) is 17.6. The molecule has 0 saturated heterocycles. The summed E-state index contributed by atoms with van der Waals surface area (Å²) in [7, 11) is 1.60. The van der Waals surface area contributed by atoms with Crippen molar-refractivity contribution in [3.05, 3.63) is 187 Å². The number of pyridine rings is 5. The summed E-state index contributed by atoms with van der Waals surface area (Å²) < 4.78 is 39.7. The third-order valence-corrected chi connectivity index (χ3v) is 21.9. The predicted molar refractivity (Wildman–Crippen MR) is 354 cm³/mol. The van der Waals surface area contributed by atoms with E-state index < -0.39 is 12.3 Å². The normalized spacial score (nSPS) is 24.1. The molecule has 0 spiro atoms. The van der Waals surface area contributed by atoms with Gasteiger partial charge in [0.15, 0.2) is 0 Å². The van der Waals surface area contributed by atoms with Crippen molar-refractivity contribution in [3.63, 3.8) is 0 Å². The number of hydrogen-bond donors (Lipinski definition) is 0. The van der Waals surface area contributed by atoms with Gasteiger partial charge >= 0.3 is 0 Å². The highest BCUT2D eigenvalue weighted by Gasteiger charge is 2.54. The minimum Gasteiger partial charge on any atom is -0.480 e. The minimum atomic E-state index is -1.39. The third-order valence-electron chi connectivity index (χ3n) is 21.9. The lowest BCUT2D eigenvalue weighted by atomic mass is 9.71. The van der Waals surface area contributed by atoms with E-state index in [2.05, 4.69) is 141 Å². The number of ether oxygens (including phenoxy) is 1. The minimum absolute atomic E-state index is 0.0467. The molecule has 3 aromatic carbocycles. The molecule has 92 heavy (non-hydrogen) atoms. The maximum absolute atomic E-state index is 14.1. The molecule has 9 heterocycles. The van der Waals surface area contributed by atoms with Crippen LogP contribution in [-0.2, 0) is 19.6 Å². The molecule has 14 nitrogen and oxygen atoms in total. The molecule has 17 rings (SSSR count). The second-order valence-corrected chi connectivity index (χ2v) is 27.7. The van der Waals surface area contributed by atoms with E-state index in [0.717, 1.165) is 145 Å². The molecule has 0 aliphatic heterocycles. The van der Waals surface area contributed by atoms with Crippen molar-refractivity contribution in [2.45, 2.75) is 129 Å². The summed E-state index contributed by atoms with van der Waals surface area (Å²) in [6.07, 6.45) is 23.5. The van der Waals surface area contributed by atoms with Gasteiger partial charge in [0.25, 0.3) is 0 Å². The Kier molecular flexibility index (Phi) is 13.6. The van der Waals surface area contributed by atoms with Gasteiger partial charge in [0.05, 0.1) is 59.3 Å². The van der Waals surface area contributed by atoms with E-state index >= 15 is 0 Å². The average molecular weight is 1220 g/mol. The first-order valence-electron chi connectivity index (χ1n) is 32.8. The van der Waals surface area contributed by atoms with Crippen LogP contribution in [0.2, 0.25) is 0 Å². The molecular formula is C76H71F2N13O. The lowest BCUT2D eigenvalue weighted by Gasteiger charge is -2.36. The van der Waals surface area contributed by atoms with Crippen LogP contribution in [0, 0.1) is 49.4 Å². The van der Waals surface area contributed by atoms with Crippen LogP contribution in [0.4, 0.5) is 8.78 Å².